The highest BCUT2D eigenvalue weighted by Crippen LogP contribution is 2.32. The first kappa shape index (κ1) is 41.1. The molecule has 0 unspecified atom stereocenters. The number of aromatic nitrogens is 3. The summed E-state index contributed by atoms with van der Waals surface area (Å²) in [6.07, 6.45) is 0. The molecule has 0 saturated heterocycles. The minimum atomic E-state index is -0.944. The molecule has 0 aliphatic carbocycles. The van der Waals surface area contributed by atoms with Gasteiger partial charge in [-0.2, -0.15) is 0 Å². The van der Waals surface area contributed by atoms with Crippen molar-refractivity contribution in [3.8, 4) is 33.9 Å². The van der Waals surface area contributed by atoms with E-state index in [1.807, 2.05) is 48.5 Å². The maximum Gasteiger partial charge on any atom is 0.313 e. The van der Waals surface area contributed by atoms with Gasteiger partial charge in [-0.15, -0.1) is 0 Å². The van der Waals surface area contributed by atoms with E-state index in [9.17, 15) is 24.0 Å². The summed E-state index contributed by atoms with van der Waals surface area (Å²) in [4.78, 5) is 72.4. The fourth-order valence-electron chi connectivity index (χ4n) is 5.94. The Morgan fingerprint density at radius 3 is 2.04 bits per heavy atom. The molecule has 0 bridgehead atoms. The van der Waals surface area contributed by atoms with E-state index in [1.54, 1.807) is 11.0 Å². The maximum absolute atomic E-state index is 12.6. The van der Waals surface area contributed by atoms with Gasteiger partial charge in [0.25, 0.3) is 21.7 Å². The first-order valence-electron chi connectivity index (χ1n) is 17.7. The number of ether oxygens (including phenoxy) is 5. The van der Waals surface area contributed by atoms with Crippen molar-refractivity contribution in [3.63, 3.8) is 0 Å². The molecule has 4 aromatic carbocycles. The van der Waals surface area contributed by atoms with E-state index in [-0.39, 0.29) is 35.2 Å². The molecule has 16 nitrogen and oxygen atoms in total. The zero-order valence-electron chi connectivity index (χ0n) is 30.9. The number of fused-ring (bicyclic) bond motifs is 1. The van der Waals surface area contributed by atoms with Crippen LogP contribution in [0.15, 0.2) is 78.9 Å². The molecular formula is C39H38ClN5O11S. The number of nitrogens with zero attached hydrogens (tertiary/aromatic N) is 3. The number of carboxylic acid groups (broad SMARTS) is 1. The second-order valence-electron chi connectivity index (χ2n) is 12.5. The van der Waals surface area contributed by atoms with Crippen molar-refractivity contribution in [3.05, 3.63) is 106 Å². The van der Waals surface area contributed by atoms with Gasteiger partial charge >= 0.3 is 5.97 Å². The van der Waals surface area contributed by atoms with Crippen LogP contribution in [0.4, 0.5) is 11.4 Å². The zero-order valence-corrected chi connectivity index (χ0v) is 32.5. The quantitative estimate of drug-likeness (QED) is 0.0480. The van der Waals surface area contributed by atoms with Crippen LogP contribution in [0.25, 0.3) is 33.5 Å². The third kappa shape index (κ3) is 9.69. The van der Waals surface area contributed by atoms with E-state index < -0.39 is 27.7 Å². The number of rotatable bonds is 23. The summed E-state index contributed by atoms with van der Waals surface area (Å²) in [5, 5.41) is 12.7. The summed E-state index contributed by atoms with van der Waals surface area (Å²) < 4.78 is 26.9. The Balaban J connectivity index is 0.976. The Hall–Kier alpha value is -5.59. The summed E-state index contributed by atoms with van der Waals surface area (Å²) >= 11 is 7.63. The third-order valence-corrected chi connectivity index (χ3v) is 9.93. The summed E-state index contributed by atoms with van der Waals surface area (Å²) in [7, 11) is 2.69. The largest absolute Gasteiger partial charge is 0.491 e. The normalized spacial score (nSPS) is 11.4. The van der Waals surface area contributed by atoms with Crippen molar-refractivity contribution < 1.29 is 33.6 Å². The molecule has 18 heteroatoms. The summed E-state index contributed by atoms with van der Waals surface area (Å²) in [5.41, 5.74) is 3.06. The van der Waals surface area contributed by atoms with Crippen LogP contribution in [0.1, 0.15) is 5.56 Å². The Morgan fingerprint density at radius 1 is 0.789 bits per heavy atom. The number of aliphatic carboxylic acids is 1. The number of H-pyrrole nitrogens is 1. The lowest BCUT2D eigenvalue weighted by molar-refractivity contribution is -0.133. The number of carboxylic acids is 1. The summed E-state index contributed by atoms with van der Waals surface area (Å²) in [6.45, 7) is 2.79. The number of halogens is 1. The molecule has 0 fully saturated rings. The number of imidazole rings is 1. The Kier molecular flexibility index (Phi) is 13.7. The second kappa shape index (κ2) is 19.0. The van der Waals surface area contributed by atoms with Crippen molar-refractivity contribution in [2.45, 2.75) is 11.7 Å². The van der Waals surface area contributed by atoms with E-state index in [0.717, 1.165) is 34.0 Å². The predicted molar refractivity (Wildman–Crippen MR) is 216 cm³/mol. The molecule has 0 amide bonds. The molecule has 0 aliphatic rings. The third-order valence-electron chi connectivity index (χ3n) is 8.79. The Morgan fingerprint density at radius 2 is 1.39 bits per heavy atom. The lowest BCUT2D eigenvalue weighted by atomic mass is 10.0. The smallest absolute Gasteiger partial charge is 0.313 e. The van der Waals surface area contributed by atoms with Gasteiger partial charge in [-0.1, -0.05) is 71.9 Å². The van der Waals surface area contributed by atoms with Gasteiger partial charge in [0.1, 0.15) is 11.4 Å². The lowest BCUT2D eigenvalue weighted by Crippen LogP contribution is -2.42. The van der Waals surface area contributed by atoms with E-state index in [2.05, 4.69) is 20.3 Å². The van der Waals surface area contributed by atoms with Crippen LogP contribution in [0.2, 0.25) is 5.02 Å². The van der Waals surface area contributed by atoms with E-state index in [4.69, 9.17) is 40.4 Å². The number of carbonyl (C=O) groups is 1. The minimum Gasteiger partial charge on any atom is -0.491 e. The molecule has 2 aromatic heterocycles. The predicted octanol–water partition coefficient (Wildman–Crippen LogP) is 3.50. The second-order valence-corrected chi connectivity index (χ2v) is 13.9. The van der Waals surface area contributed by atoms with Crippen molar-refractivity contribution in [1.29, 1.82) is 0 Å². The maximum atomic E-state index is 12.6. The van der Waals surface area contributed by atoms with Crippen LogP contribution < -0.4 is 41.4 Å². The average Bonchev–Trinajstić information content (AvgIpc) is 3.62. The van der Waals surface area contributed by atoms with E-state index in [1.165, 1.54) is 14.2 Å². The molecule has 57 heavy (non-hydrogen) atoms. The number of aromatic amines is 1. The van der Waals surface area contributed by atoms with Crippen molar-refractivity contribution in [2.75, 3.05) is 82.9 Å². The Labute approximate surface area is 334 Å². The summed E-state index contributed by atoms with van der Waals surface area (Å²) in [5.74, 6) is -1.02. The standard InChI is InChI=1S/C39H38ClN5O11S/c1-52-36-30(32(48)34(36)50)41-11-13-54-15-17-56-18-16-55-14-12-45(31-33(49)35(51)37(31)53-2)20-22-3-5-23(6-4-22)24-7-9-25(10-8-24)29-26(40)19-27-38(43-29)44-39(42-27)57-21-28(46)47/h3-10,19,41H,11-18,20-21H2,1-2H3,(H,46,47)(H,42,43,44). The zero-order chi connectivity index (χ0) is 40.5. The van der Waals surface area contributed by atoms with Crippen LogP contribution in [0.5, 0.6) is 11.5 Å². The monoisotopic (exact) mass is 819 g/mol. The lowest BCUT2D eigenvalue weighted by Gasteiger charge is -2.27. The van der Waals surface area contributed by atoms with E-state index in [0.29, 0.717) is 79.7 Å². The van der Waals surface area contributed by atoms with Crippen LogP contribution >= 0.6 is 23.4 Å². The van der Waals surface area contributed by atoms with Crippen LogP contribution in [-0.2, 0) is 25.5 Å². The highest BCUT2D eigenvalue weighted by Gasteiger charge is 2.27. The van der Waals surface area contributed by atoms with Gasteiger partial charge in [0.15, 0.2) is 22.3 Å². The number of thioether (sulfide) groups is 1. The van der Waals surface area contributed by atoms with Gasteiger partial charge < -0.3 is 44.0 Å². The van der Waals surface area contributed by atoms with Gasteiger partial charge in [-0.25, -0.2) is 9.97 Å². The Bertz CT molecular complexity index is 2470. The van der Waals surface area contributed by atoms with Crippen molar-refractivity contribution in [1.82, 2.24) is 15.0 Å². The van der Waals surface area contributed by atoms with Crippen molar-refractivity contribution in [2.24, 2.45) is 0 Å². The number of benzene rings is 2. The molecule has 0 atom stereocenters. The number of anilines is 2. The molecule has 0 aliphatic heterocycles. The molecule has 2 heterocycles. The SMILES string of the molecule is COc1c(NCCOCCOCCOCCN(Cc2ccc(-c3ccc(-c4nc5nc(SCC(=O)O)[nH]c5cc4Cl)cc3)cc2)c2c(OC)c(=O)c2=O)c(=O)c1=O. The van der Waals surface area contributed by atoms with Gasteiger partial charge in [-0.3, -0.25) is 24.0 Å². The van der Waals surface area contributed by atoms with Gasteiger partial charge in [0.2, 0.25) is 0 Å². The highest BCUT2D eigenvalue weighted by molar-refractivity contribution is 7.99. The molecule has 6 rings (SSSR count). The number of nitrogens with one attached hydrogen (secondary N) is 2. The van der Waals surface area contributed by atoms with Crippen LogP contribution in [-0.4, -0.2) is 98.7 Å². The number of pyridine rings is 1. The highest BCUT2D eigenvalue weighted by atomic mass is 35.5. The number of hydrogen-bond acceptors (Lipinski definition) is 15. The number of hydrogen-bond donors (Lipinski definition) is 3. The number of methoxy groups -OCH3 is 2. The van der Waals surface area contributed by atoms with Crippen LogP contribution in [0, 0.1) is 0 Å². The molecule has 0 radical (unpaired) electrons. The molecule has 298 valence electrons. The fourth-order valence-corrected chi connectivity index (χ4v) is 6.79. The minimum absolute atomic E-state index is 0.0254. The molecule has 0 spiro atoms. The molecular weight excluding hydrogens is 782 g/mol. The average molecular weight is 820 g/mol. The van der Waals surface area contributed by atoms with Gasteiger partial charge in [0, 0.05) is 25.2 Å². The fraction of sp³-hybridized carbons (Fsp3) is 0.308. The van der Waals surface area contributed by atoms with Crippen molar-refractivity contribution >= 4 is 51.9 Å². The van der Waals surface area contributed by atoms with Crippen LogP contribution in [0.3, 0.4) is 0 Å². The first-order chi connectivity index (χ1) is 27.6. The molecule has 6 aromatic rings. The topological polar surface area (TPSA) is 209 Å². The molecule has 0 saturated carbocycles. The first-order valence-corrected chi connectivity index (χ1v) is 19.0. The van der Waals surface area contributed by atoms with Gasteiger partial charge in [-0.05, 0) is 22.8 Å². The summed E-state index contributed by atoms with van der Waals surface area (Å²) in [6, 6.07) is 17.3. The van der Waals surface area contributed by atoms with Gasteiger partial charge in [0.05, 0.1) is 75.8 Å². The molecule has 3 N–H and O–H groups in total. The van der Waals surface area contributed by atoms with E-state index >= 15 is 0 Å².